The van der Waals surface area contributed by atoms with Crippen LogP contribution in [0.2, 0.25) is 0 Å². The Hall–Kier alpha value is -0.290. The number of nitrogens with zero attached hydrogens (tertiary/aromatic N) is 1. The fourth-order valence-corrected chi connectivity index (χ4v) is 3.04. The molecule has 3 unspecified atom stereocenters. The van der Waals surface area contributed by atoms with Gasteiger partial charge in [0.15, 0.2) is 0 Å². The fourth-order valence-electron chi connectivity index (χ4n) is 3.04. The second-order valence-electron chi connectivity index (χ2n) is 5.97. The maximum atomic E-state index is 12.2. The van der Waals surface area contributed by atoms with Crippen LogP contribution in [-0.2, 0) is 0 Å². The summed E-state index contributed by atoms with van der Waals surface area (Å²) in [6, 6.07) is 0.467. The molecular weight excluding hydrogens is 253 g/mol. The van der Waals surface area contributed by atoms with Crippen LogP contribution < -0.4 is 5.32 Å². The van der Waals surface area contributed by atoms with Crippen molar-refractivity contribution in [3.63, 3.8) is 0 Å². The van der Waals surface area contributed by atoms with Gasteiger partial charge in [-0.15, -0.1) is 0 Å². The molecule has 0 bridgehead atoms. The summed E-state index contributed by atoms with van der Waals surface area (Å²) < 4.78 is 36.6. The SMILES string of the molecule is CCNC1CCC(C)CC1CN(C)CCC(F)(F)F. The summed E-state index contributed by atoms with van der Waals surface area (Å²) in [7, 11) is 1.80. The molecule has 0 spiro atoms. The van der Waals surface area contributed by atoms with Crippen molar-refractivity contribution in [1.82, 2.24) is 10.2 Å². The predicted octanol–water partition coefficient (Wildman–Crippen LogP) is 3.28. The van der Waals surface area contributed by atoms with Crippen LogP contribution in [0, 0.1) is 11.8 Å². The molecule has 0 saturated heterocycles. The van der Waals surface area contributed by atoms with Gasteiger partial charge in [-0.1, -0.05) is 13.8 Å². The van der Waals surface area contributed by atoms with Gasteiger partial charge in [0.1, 0.15) is 0 Å². The summed E-state index contributed by atoms with van der Waals surface area (Å²) in [5.74, 6) is 1.16. The molecule has 0 radical (unpaired) electrons. The molecule has 1 N–H and O–H groups in total. The van der Waals surface area contributed by atoms with E-state index >= 15 is 0 Å². The van der Waals surface area contributed by atoms with Crippen LogP contribution in [0.4, 0.5) is 13.2 Å². The van der Waals surface area contributed by atoms with E-state index in [1.807, 2.05) is 4.90 Å². The van der Waals surface area contributed by atoms with Crippen LogP contribution in [-0.4, -0.2) is 43.8 Å². The summed E-state index contributed by atoms with van der Waals surface area (Å²) in [5.41, 5.74) is 0. The lowest BCUT2D eigenvalue weighted by atomic mass is 9.78. The van der Waals surface area contributed by atoms with Crippen molar-refractivity contribution >= 4 is 0 Å². The van der Waals surface area contributed by atoms with Gasteiger partial charge in [-0.25, -0.2) is 0 Å². The predicted molar refractivity (Wildman–Crippen MR) is 72.1 cm³/mol. The van der Waals surface area contributed by atoms with Crippen LogP contribution in [0.15, 0.2) is 0 Å². The zero-order valence-corrected chi connectivity index (χ0v) is 12.3. The molecule has 0 amide bonds. The van der Waals surface area contributed by atoms with Crippen molar-refractivity contribution in [3.8, 4) is 0 Å². The second-order valence-corrected chi connectivity index (χ2v) is 5.97. The summed E-state index contributed by atoms with van der Waals surface area (Å²) in [6.07, 6.45) is -1.27. The van der Waals surface area contributed by atoms with Crippen LogP contribution in [0.3, 0.4) is 0 Å². The van der Waals surface area contributed by atoms with E-state index in [1.165, 1.54) is 6.42 Å². The second kappa shape index (κ2) is 7.48. The topological polar surface area (TPSA) is 15.3 Å². The Morgan fingerprint density at radius 1 is 1.26 bits per heavy atom. The van der Waals surface area contributed by atoms with Gasteiger partial charge < -0.3 is 10.2 Å². The maximum Gasteiger partial charge on any atom is 0.390 e. The summed E-state index contributed by atoms with van der Waals surface area (Å²) >= 11 is 0. The lowest BCUT2D eigenvalue weighted by Gasteiger charge is -2.37. The van der Waals surface area contributed by atoms with Gasteiger partial charge in [-0.3, -0.25) is 0 Å². The Kier molecular flexibility index (Phi) is 6.60. The minimum absolute atomic E-state index is 0.104. The van der Waals surface area contributed by atoms with Crippen LogP contribution in [0.1, 0.15) is 39.5 Å². The third kappa shape index (κ3) is 6.61. The van der Waals surface area contributed by atoms with E-state index in [-0.39, 0.29) is 6.54 Å². The number of hydrogen-bond donors (Lipinski definition) is 1. The highest BCUT2D eigenvalue weighted by Crippen LogP contribution is 2.30. The maximum absolute atomic E-state index is 12.2. The Morgan fingerprint density at radius 2 is 1.95 bits per heavy atom. The van der Waals surface area contributed by atoms with Gasteiger partial charge in [-0.2, -0.15) is 13.2 Å². The smallest absolute Gasteiger partial charge is 0.314 e. The quantitative estimate of drug-likeness (QED) is 0.803. The molecule has 1 fully saturated rings. The number of hydrogen-bond acceptors (Lipinski definition) is 2. The molecule has 1 rings (SSSR count). The highest BCUT2D eigenvalue weighted by Gasteiger charge is 2.31. The first-order chi connectivity index (χ1) is 8.81. The molecule has 0 heterocycles. The van der Waals surface area contributed by atoms with Crippen molar-refractivity contribution in [2.24, 2.45) is 11.8 Å². The monoisotopic (exact) mass is 280 g/mol. The fraction of sp³-hybridized carbons (Fsp3) is 1.00. The summed E-state index contributed by atoms with van der Waals surface area (Å²) in [6.45, 7) is 6.13. The zero-order valence-electron chi connectivity index (χ0n) is 12.3. The van der Waals surface area contributed by atoms with E-state index in [2.05, 4.69) is 19.2 Å². The zero-order chi connectivity index (χ0) is 14.5. The van der Waals surface area contributed by atoms with Crippen molar-refractivity contribution in [1.29, 1.82) is 0 Å². The van der Waals surface area contributed by atoms with Crippen molar-refractivity contribution in [2.75, 3.05) is 26.7 Å². The third-order valence-corrected chi connectivity index (χ3v) is 4.03. The van der Waals surface area contributed by atoms with E-state index in [0.29, 0.717) is 17.9 Å². The Morgan fingerprint density at radius 3 is 2.53 bits per heavy atom. The minimum Gasteiger partial charge on any atom is -0.314 e. The first-order valence-electron chi connectivity index (χ1n) is 7.30. The molecule has 0 aliphatic heterocycles. The Balaban J connectivity index is 2.42. The van der Waals surface area contributed by atoms with E-state index in [9.17, 15) is 13.2 Å². The van der Waals surface area contributed by atoms with E-state index in [1.54, 1.807) is 7.05 Å². The largest absolute Gasteiger partial charge is 0.390 e. The summed E-state index contributed by atoms with van der Waals surface area (Å²) in [4.78, 5) is 1.83. The average molecular weight is 280 g/mol. The molecule has 0 aromatic heterocycles. The molecule has 3 atom stereocenters. The minimum atomic E-state index is -4.05. The molecule has 5 heteroatoms. The number of rotatable bonds is 6. The Labute approximate surface area is 114 Å². The van der Waals surface area contributed by atoms with Gasteiger partial charge >= 0.3 is 6.18 Å². The van der Waals surface area contributed by atoms with Gasteiger partial charge in [0.05, 0.1) is 6.42 Å². The molecule has 114 valence electrons. The number of halogens is 3. The van der Waals surface area contributed by atoms with Crippen LogP contribution in [0.5, 0.6) is 0 Å². The lowest BCUT2D eigenvalue weighted by molar-refractivity contribution is -0.137. The number of nitrogens with one attached hydrogen (secondary N) is 1. The van der Waals surface area contributed by atoms with Crippen molar-refractivity contribution < 1.29 is 13.2 Å². The normalized spacial score (nSPS) is 28.9. The third-order valence-electron chi connectivity index (χ3n) is 4.03. The standard InChI is InChI=1S/C14H27F3N2/c1-4-18-13-6-5-11(2)9-12(13)10-19(3)8-7-14(15,16)17/h11-13,18H,4-10H2,1-3H3. The van der Waals surface area contributed by atoms with Gasteiger partial charge in [0.2, 0.25) is 0 Å². The highest BCUT2D eigenvalue weighted by molar-refractivity contribution is 4.85. The lowest BCUT2D eigenvalue weighted by Crippen LogP contribution is -2.45. The van der Waals surface area contributed by atoms with E-state index in [4.69, 9.17) is 0 Å². The van der Waals surface area contributed by atoms with E-state index in [0.717, 1.165) is 25.9 Å². The van der Waals surface area contributed by atoms with Crippen molar-refractivity contribution in [3.05, 3.63) is 0 Å². The highest BCUT2D eigenvalue weighted by atomic mass is 19.4. The van der Waals surface area contributed by atoms with Gasteiger partial charge in [0, 0.05) is 19.1 Å². The molecule has 19 heavy (non-hydrogen) atoms. The van der Waals surface area contributed by atoms with Crippen molar-refractivity contribution in [2.45, 2.75) is 51.7 Å². The molecule has 1 aliphatic rings. The first kappa shape index (κ1) is 16.8. The molecule has 0 aromatic carbocycles. The molecule has 1 aliphatic carbocycles. The molecule has 1 saturated carbocycles. The van der Waals surface area contributed by atoms with Crippen LogP contribution >= 0.6 is 0 Å². The number of alkyl halides is 3. The van der Waals surface area contributed by atoms with Gasteiger partial charge in [0.25, 0.3) is 0 Å². The van der Waals surface area contributed by atoms with Crippen LogP contribution in [0.25, 0.3) is 0 Å². The van der Waals surface area contributed by atoms with E-state index < -0.39 is 12.6 Å². The molecule has 0 aromatic rings. The van der Waals surface area contributed by atoms with Gasteiger partial charge in [-0.05, 0) is 44.7 Å². The Bertz CT molecular complexity index is 256. The summed E-state index contributed by atoms with van der Waals surface area (Å²) in [5, 5.41) is 3.48. The molecule has 2 nitrogen and oxygen atoms in total. The average Bonchev–Trinajstić information content (AvgIpc) is 2.29. The molecular formula is C14H27F3N2. The first-order valence-corrected chi connectivity index (χ1v) is 7.30.